The predicted octanol–water partition coefficient (Wildman–Crippen LogP) is 4.27. The Bertz CT molecular complexity index is 707. The molecule has 19 heavy (non-hydrogen) atoms. The minimum atomic E-state index is 0.312. The standard InChI is InChI=1S/C16H12N2S/c1-2-4-11(5-3-1)13-10-14-12(6-7-17-14)16-15(13)18-8-9-19-16/h1-10,16-17H. The quantitative estimate of drug-likeness (QED) is 0.818. The van der Waals surface area contributed by atoms with Crippen molar-refractivity contribution < 1.29 is 0 Å². The molecular weight excluding hydrogens is 252 g/mol. The maximum Gasteiger partial charge on any atom is 0.0787 e. The van der Waals surface area contributed by atoms with E-state index in [9.17, 15) is 0 Å². The second-order valence-electron chi connectivity index (χ2n) is 4.59. The topological polar surface area (TPSA) is 28.1 Å². The van der Waals surface area contributed by atoms with Crippen molar-refractivity contribution in [2.45, 2.75) is 5.25 Å². The molecule has 1 unspecified atom stereocenters. The van der Waals surface area contributed by atoms with Gasteiger partial charge < -0.3 is 4.98 Å². The summed E-state index contributed by atoms with van der Waals surface area (Å²) in [6.07, 6.45) is 6.11. The lowest BCUT2D eigenvalue weighted by Crippen LogP contribution is -2.17. The molecule has 0 amide bonds. The van der Waals surface area contributed by atoms with Crippen molar-refractivity contribution >= 4 is 29.1 Å². The van der Waals surface area contributed by atoms with E-state index in [1.54, 1.807) is 0 Å². The van der Waals surface area contributed by atoms with Gasteiger partial charge in [0.1, 0.15) is 0 Å². The molecule has 4 rings (SSSR count). The molecule has 1 aliphatic heterocycles. The first-order chi connectivity index (χ1) is 9.43. The zero-order valence-corrected chi connectivity index (χ0v) is 11.0. The third-order valence-electron chi connectivity index (χ3n) is 3.48. The average molecular weight is 264 g/mol. The number of nitrogens with zero attached hydrogens (tertiary/aromatic N) is 1. The maximum atomic E-state index is 4.62. The van der Waals surface area contributed by atoms with E-state index < -0.39 is 0 Å². The molecule has 1 N–H and O–H groups in total. The summed E-state index contributed by atoms with van der Waals surface area (Å²) in [6, 6.07) is 12.6. The molecule has 0 radical (unpaired) electrons. The van der Waals surface area contributed by atoms with Gasteiger partial charge in [0.2, 0.25) is 0 Å². The van der Waals surface area contributed by atoms with Crippen molar-refractivity contribution in [2.75, 3.05) is 0 Å². The summed E-state index contributed by atoms with van der Waals surface area (Å²) in [5.74, 6) is 0. The lowest BCUT2D eigenvalue weighted by molar-refractivity contribution is 1.24. The van der Waals surface area contributed by atoms with Crippen molar-refractivity contribution in [2.24, 2.45) is 4.99 Å². The number of aromatic nitrogens is 1. The zero-order chi connectivity index (χ0) is 12.7. The van der Waals surface area contributed by atoms with Crippen LogP contribution < -0.4 is 0 Å². The lowest BCUT2D eigenvalue weighted by atomic mass is 9.90. The number of thioether (sulfide) groups is 1. The molecule has 3 heteroatoms. The van der Waals surface area contributed by atoms with E-state index in [0.717, 1.165) is 5.71 Å². The minimum Gasteiger partial charge on any atom is -0.361 e. The second kappa shape index (κ2) is 4.28. The van der Waals surface area contributed by atoms with E-state index in [1.165, 1.54) is 22.4 Å². The van der Waals surface area contributed by atoms with Gasteiger partial charge in [0.15, 0.2) is 0 Å². The van der Waals surface area contributed by atoms with Crippen molar-refractivity contribution in [3.05, 3.63) is 71.0 Å². The van der Waals surface area contributed by atoms with E-state index in [1.807, 2.05) is 30.2 Å². The fraction of sp³-hybridized carbons (Fsp3) is 0.0625. The summed E-state index contributed by atoms with van der Waals surface area (Å²) in [4.78, 5) is 7.94. The number of aliphatic imine (C=N–C) groups is 1. The van der Waals surface area contributed by atoms with Crippen LogP contribution in [0.4, 0.5) is 0 Å². The molecule has 2 nitrogen and oxygen atoms in total. The van der Waals surface area contributed by atoms with Crippen LogP contribution in [0.25, 0.3) is 11.6 Å². The zero-order valence-electron chi connectivity index (χ0n) is 10.2. The third kappa shape index (κ3) is 1.70. The van der Waals surface area contributed by atoms with Crippen molar-refractivity contribution in [3.8, 4) is 0 Å². The molecule has 1 aromatic heterocycles. The van der Waals surface area contributed by atoms with Gasteiger partial charge in [0.25, 0.3) is 0 Å². The number of H-pyrrole nitrogens is 1. The molecule has 92 valence electrons. The Labute approximate surface area is 116 Å². The van der Waals surface area contributed by atoms with Gasteiger partial charge in [0, 0.05) is 23.7 Å². The van der Waals surface area contributed by atoms with Crippen LogP contribution in [0, 0.1) is 0 Å². The number of hydrogen-bond donors (Lipinski definition) is 1. The van der Waals surface area contributed by atoms with Crippen molar-refractivity contribution in [1.82, 2.24) is 4.98 Å². The SMILES string of the molecule is C1=CSC2C(=N1)C(c1ccccc1)=Cc1[nH]ccc12. The summed E-state index contributed by atoms with van der Waals surface area (Å²) < 4.78 is 0. The normalized spacial score (nSPS) is 20.3. The third-order valence-corrected chi connectivity index (χ3v) is 4.51. The van der Waals surface area contributed by atoms with E-state index in [-0.39, 0.29) is 0 Å². The average Bonchev–Trinajstić information content (AvgIpc) is 2.96. The van der Waals surface area contributed by atoms with E-state index in [2.05, 4.69) is 51.8 Å². The molecular formula is C16H12N2S. The largest absolute Gasteiger partial charge is 0.361 e. The Kier molecular flexibility index (Phi) is 2.45. The number of rotatable bonds is 1. The van der Waals surface area contributed by atoms with Crippen LogP contribution >= 0.6 is 11.8 Å². The van der Waals surface area contributed by atoms with Gasteiger partial charge in [-0.05, 0) is 28.7 Å². The highest BCUT2D eigenvalue weighted by Crippen LogP contribution is 2.44. The molecule has 0 spiro atoms. The lowest BCUT2D eigenvalue weighted by Gasteiger charge is -2.26. The number of benzene rings is 1. The van der Waals surface area contributed by atoms with Crippen LogP contribution in [0.15, 0.2) is 59.2 Å². The Morgan fingerprint density at radius 3 is 2.89 bits per heavy atom. The fourth-order valence-electron chi connectivity index (χ4n) is 2.60. The Balaban J connectivity index is 1.94. The molecule has 0 saturated heterocycles. The monoisotopic (exact) mass is 264 g/mol. The summed E-state index contributed by atoms with van der Waals surface area (Å²) in [5, 5.41) is 2.38. The van der Waals surface area contributed by atoms with Crippen LogP contribution in [0.3, 0.4) is 0 Å². The molecule has 2 aromatic rings. The van der Waals surface area contributed by atoms with E-state index in [0.29, 0.717) is 5.25 Å². The molecule has 2 heterocycles. The second-order valence-corrected chi connectivity index (χ2v) is 5.60. The highest BCUT2D eigenvalue weighted by molar-refractivity contribution is 8.03. The first-order valence-corrected chi connectivity index (χ1v) is 7.21. The highest BCUT2D eigenvalue weighted by Gasteiger charge is 2.30. The number of fused-ring (bicyclic) bond motifs is 3. The van der Waals surface area contributed by atoms with Gasteiger partial charge >= 0.3 is 0 Å². The Morgan fingerprint density at radius 2 is 2.00 bits per heavy atom. The summed E-state index contributed by atoms with van der Waals surface area (Å²) in [5.41, 5.74) is 6.13. The van der Waals surface area contributed by atoms with E-state index in [4.69, 9.17) is 0 Å². The van der Waals surface area contributed by atoms with Crippen molar-refractivity contribution in [1.29, 1.82) is 0 Å². The molecule has 2 aliphatic rings. The first kappa shape index (κ1) is 10.9. The fourth-order valence-corrected chi connectivity index (χ4v) is 3.56. The van der Waals surface area contributed by atoms with Gasteiger partial charge in [-0.25, -0.2) is 0 Å². The van der Waals surface area contributed by atoms with Crippen LogP contribution in [0.1, 0.15) is 22.1 Å². The van der Waals surface area contributed by atoms with Crippen molar-refractivity contribution in [3.63, 3.8) is 0 Å². The smallest absolute Gasteiger partial charge is 0.0787 e. The van der Waals surface area contributed by atoms with Crippen LogP contribution in [-0.2, 0) is 0 Å². The molecule has 1 atom stereocenters. The molecule has 0 saturated carbocycles. The molecule has 1 aromatic carbocycles. The predicted molar refractivity (Wildman–Crippen MR) is 82.0 cm³/mol. The van der Waals surface area contributed by atoms with Gasteiger partial charge in [0.05, 0.1) is 11.0 Å². The van der Waals surface area contributed by atoms with Crippen LogP contribution in [0.2, 0.25) is 0 Å². The maximum absolute atomic E-state index is 4.62. The van der Waals surface area contributed by atoms with Gasteiger partial charge in [-0.2, -0.15) is 0 Å². The summed E-state index contributed by atoms with van der Waals surface area (Å²) >= 11 is 1.82. The number of nitrogens with one attached hydrogen (secondary N) is 1. The minimum absolute atomic E-state index is 0.312. The number of hydrogen-bond acceptors (Lipinski definition) is 2. The van der Waals surface area contributed by atoms with Gasteiger partial charge in [-0.15, -0.1) is 11.8 Å². The van der Waals surface area contributed by atoms with Crippen LogP contribution in [0.5, 0.6) is 0 Å². The summed E-state index contributed by atoms with van der Waals surface area (Å²) in [6.45, 7) is 0. The Morgan fingerprint density at radius 1 is 1.11 bits per heavy atom. The highest BCUT2D eigenvalue weighted by atomic mass is 32.2. The summed E-state index contributed by atoms with van der Waals surface area (Å²) in [7, 11) is 0. The van der Waals surface area contributed by atoms with Crippen LogP contribution in [-0.4, -0.2) is 10.7 Å². The Hall–Kier alpha value is -2.00. The van der Waals surface area contributed by atoms with E-state index >= 15 is 0 Å². The van der Waals surface area contributed by atoms with Gasteiger partial charge in [-0.3, -0.25) is 4.99 Å². The number of allylic oxidation sites excluding steroid dienone is 1. The molecule has 0 bridgehead atoms. The number of aromatic amines is 1. The van der Waals surface area contributed by atoms with Gasteiger partial charge in [-0.1, -0.05) is 30.3 Å². The first-order valence-electron chi connectivity index (χ1n) is 6.26. The molecule has 0 fully saturated rings. The molecule has 1 aliphatic carbocycles.